The highest BCUT2D eigenvalue weighted by Gasteiger charge is 2.17. The van der Waals surface area contributed by atoms with Gasteiger partial charge in [0, 0.05) is 13.8 Å². The molecule has 0 bridgehead atoms. The van der Waals surface area contributed by atoms with Crippen molar-refractivity contribution >= 4 is 54.8 Å². The zero-order valence-electron chi connectivity index (χ0n) is 8.58. The van der Waals surface area contributed by atoms with Crippen LogP contribution in [0, 0.1) is 0 Å². The molecule has 0 aliphatic rings. The SMILES string of the molecule is NNC(c1ccc(Cl)s1)c1cc(Br)ccc1Br. The number of hydrogen-bond acceptors (Lipinski definition) is 3. The molecule has 1 atom stereocenters. The molecule has 1 unspecified atom stereocenters. The van der Waals surface area contributed by atoms with Gasteiger partial charge in [-0.15, -0.1) is 11.3 Å². The first kappa shape index (κ1) is 13.5. The summed E-state index contributed by atoms with van der Waals surface area (Å²) in [6.45, 7) is 0. The molecule has 2 aromatic rings. The van der Waals surface area contributed by atoms with Crippen molar-refractivity contribution in [2.24, 2.45) is 5.84 Å². The van der Waals surface area contributed by atoms with Gasteiger partial charge in [-0.2, -0.15) is 0 Å². The van der Waals surface area contributed by atoms with E-state index in [-0.39, 0.29) is 6.04 Å². The number of benzene rings is 1. The van der Waals surface area contributed by atoms with E-state index in [1.165, 1.54) is 11.3 Å². The zero-order valence-corrected chi connectivity index (χ0v) is 13.3. The first-order valence-corrected chi connectivity index (χ1v) is 7.56. The maximum atomic E-state index is 5.95. The van der Waals surface area contributed by atoms with Crippen molar-refractivity contribution in [3.8, 4) is 0 Å². The molecule has 0 saturated heterocycles. The van der Waals surface area contributed by atoms with Crippen LogP contribution in [0.2, 0.25) is 4.34 Å². The van der Waals surface area contributed by atoms with Crippen molar-refractivity contribution in [2.75, 3.05) is 0 Å². The van der Waals surface area contributed by atoms with Crippen LogP contribution in [0.5, 0.6) is 0 Å². The summed E-state index contributed by atoms with van der Waals surface area (Å²) in [4.78, 5) is 1.08. The maximum Gasteiger partial charge on any atom is 0.0931 e. The summed E-state index contributed by atoms with van der Waals surface area (Å²) >= 11 is 14.5. The Balaban J connectivity index is 2.45. The van der Waals surface area contributed by atoms with Gasteiger partial charge >= 0.3 is 0 Å². The standard InChI is InChI=1S/C11H9Br2ClN2S/c12-6-1-2-8(13)7(5-6)11(16-15)9-3-4-10(14)17-9/h1-5,11,16H,15H2. The van der Waals surface area contributed by atoms with Crippen molar-refractivity contribution in [1.82, 2.24) is 5.43 Å². The van der Waals surface area contributed by atoms with E-state index in [0.717, 1.165) is 23.7 Å². The second kappa shape index (κ2) is 5.82. The highest BCUT2D eigenvalue weighted by molar-refractivity contribution is 9.11. The van der Waals surface area contributed by atoms with E-state index >= 15 is 0 Å². The van der Waals surface area contributed by atoms with Gasteiger partial charge in [-0.1, -0.05) is 43.5 Å². The molecule has 0 saturated carbocycles. The fourth-order valence-corrected chi connectivity index (χ4v) is 3.54. The Labute approximate surface area is 125 Å². The molecule has 3 N–H and O–H groups in total. The fraction of sp³-hybridized carbons (Fsp3) is 0.0909. The number of thiophene rings is 1. The molecule has 0 amide bonds. The van der Waals surface area contributed by atoms with Crippen LogP contribution in [0.3, 0.4) is 0 Å². The van der Waals surface area contributed by atoms with Crippen LogP contribution in [0.15, 0.2) is 39.3 Å². The molecule has 1 heterocycles. The van der Waals surface area contributed by atoms with Gasteiger partial charge in [-0.3, -0.25) is 5.84 Å². The second-order valence-corrected chi connectivity index (χ2v) is 6.92. The van der Waals surface area contributed by atoms with E-state index in [1.807, 2.05) is 30.3 Å². The van der Waals surface area contributed by atoms with Crippen molar-refractivity contribution in [3.63, 3.8) is 0 Å². The molecule has 2 nitrogen and oxygen atoms in total. The highest BCUT2D eigenvalue weighted by atomic mass is 79.9. The molecule has 0 aliphatic heterocycles. The summed E-state index contributed by atoms with van der Waals surface area (Å²) in [5.74, 6) is 5.64. The third-order valence-corrected chi connectivity index (χ3v) is 4.83. The summed E-state index contributed by atoms with van der Waals surface area (Å²) < 4.78 is 2.78. The zero-order chi connectivity index (χ0) is 12.4. The summed E-state index contributed by atoms with van der Waals surface area (Å²) in [5.41, 5.74) is 3.89. The molecule has 1 aromatic carbocycles. The maximum absolute atomic E-state index is 5.95. The fourth-order valence-electron chi connectivity index (χ4n) is 1.54. The summed E-state index contributed by atoms with van der Waals surface area (Å²) in [7, 11) is 0. The number of nitrogens with one attached hydrogen (secondary N) is 1. The van der Waals surface area contributed by atoms with E-state index in [0.29, 0.717) is 0 Å². The molecule has 1 aromatic heterocycles. The third kappa shape index (κ3) is 3.10. The third-order valence-electron chi connectivity index (χ3n) is 2.31. The molecular formula is C11H9Br2ClN2S. The molecule has 6 heteroatoms. The van der Waals surface area contributed by atoms with E-state index in [4.69, 9.17) is 17.4 Å². The van der Waals surface area contributed by atoms with Gasteiger partial charge in [0.2, 0.25) is 0 Å². The van der Waals surface area contributed by atoms with Crippen molar-refractivity contribution < 1.29 is 0 Å². The minimum absolute atomic E-state index is 0.0700. The molecular weight excluding hydrogens is 387 g/mol. The van der Waals surface area contributed by atoms with E-state index in [9.17, 15) is 0 Å². The van der Waals surface area contributed by atoms with Gasteiger partial charge < -0.3 is 0 Å². The van der Waals surface area contributed by atoms with Crippen LogP contribution in [-0.4, -0.2) is 0 Å². The Hall–Kier alpha value is 0.0900. The first-order chi connectivity index (χ1) is 8.11. The monoisotopic (exact) mass is 394 g/mol. The average Bonchev–Trinajstić information content (AvgIpc) is 2.71. The van der Waals surface area contributed by atoms with Gasteiger partial charge in [0.05, 0.1) is 10.4 Å². The largest absolute Gasteiger partial charge is 0.271 e. The Kier molecular flexibility index (Phi) is 4.63. The Morgan fingerprint density at radius 2 is 2.00 bits per heavy atom. The summed E-state index contributed by atoms with van der Waals surface area (Å²) in [6, 6.07) is 9.77. The quantitative estimate of drug-likeness (QED) is 0.593. The topological polar surface area (TPSA) is 38.0 Å². The number of nitrogens with two attached hydrogens (primary N) is 1. The van der Waals surface area contributed by atoms with Crippen LogP contribution in [0.1, 0.15) is 16.5 Å². The van der Waals surface area contributed by atoms with Crippen LogP contribution < -0.4 is 11.3 Å². The van der Waals surface area contributed by atoms with E-state index in [2.05, 4.69) is 37.3 Å². The van der Waals surface area contributed by atoms with Crippen LogP contribution in [0.25, 0.3) is 0 Å². The van der Waals surface area contributed by atoms with Crippen molar-refractivity contribution in [1.29, 1.82) is 0 Å². The Morgan fingerprint density at radius 1 is 1.24 bits per heavy atom. The predicted octanol–water partition coefficient (Wildman–Crippen LogP) is 4.48. The number of hydrogen-bond donors (Lipinski definition) is 2. The number of rotatable bonds is 3. The van der Waals surface area contributed by atoms with Gasteiger partial charge in [0.1, 0.15) is 0 Å². The lowest BCUT2D eigenvalue weighted by Gasteiger charge is -2.16. The number of hydrazine groups is 1. The molecule has 2 rings (SSSR count). The van der Waals surface area contributed by atoms with Gasteiger partial charge in [0.15, 0.2) is 0 Å². The molecule has 0 radical (unpaired) electrons. The lowest BCUT2D eigenvalue weighted by Crippen LogP contribution is -2.28. The van der Waals surface area contributed by atoms with Crippen LogP contribution >= 0.6 is 54.8 Å². The molecule has 0 fully saturated rings. The molecule has 17 heavy (non-hydrogen) atoms. The van der Waals surface area contributed by atoms with E-state index in [1.54, 1.807) is 0 Å². The Bertz CT molecular complexity index is 530. The Morgan fingerprint density at radius 3 is 2.59 bits per heavy atom. The molecule has 0 spiro atoms. The van der Waals surface area contributed by atoms with E-state index < -0.39 is 0 Å². The van der Waals surface area contributed by atoms with Gasteiger partial charge in [-0.25, -0.2) is 5.43 Å². The summed E-state index contributed by atoms with van der Waals surface area (Å²) in [5, 5.41) is 0. The van der Waals surface area contributed by atoms with Crippen LogP contribution in [-0.2, 0) is 0 Å². The van der Waals surface area contributed by atoms with Crippen LogP contribution in [0.4, 0.5) is 0 Å². The minimum Gasteiger partial charge on any atom is -0.271 e. The molecule has 0 aliphatic carbocycles. The molecule has 90 valence electrons. The second-order valence-electron chi connectivity index (χ2n) is 3.41. The summed E-state index contributed by atoms with van der Waals surface area (Å²) in [6.07, 6.45) is 0. The lowest BCUT2D eigenvalue weighted by atomic mass is 10.1. The first-order valence-electron chi connectivity index (χ1n) is 4.78. The normalized spacial score (nSPS) is 12.7. The van der Waals surface area contributed by atoms with Gasteiger partial charge in [-0.05, 0) is 35.9 Å². The van der Waals surface area contributed by atoms with Gasteiger partial charge in [0.25, 0.3) is 0 Å². The minimum atomic E-state index is -0.0700. The van der Waals surface area contributed by atoms with Crippen molar-refractivity contribution in [3.05, 3.63) is 54.1 Å². The smallest absolute Gasteiger partial charge is 0.0931 e. The lowest BCUT2D eigenvalue weighted by molar-refractivity contribution is 0.644. The number of halogens is 3. The predicted molar refractivity (Wildman–Crippen MR) is 80.3 cm³/mol. The highest BCUT2D eigenvalue weighted by Crippen LogP contribution is 2.35. The van der Waals surface area contributed by atoms with Crippen molar-refractivity contribution in [2.45, 2.75) is 6.04 Å². The average molecular weight is 397 g/mol.